The van der Waals surface area contributed by atoms with Crippen LogP contribution in [-0.2, 0) is 0 Å². The quantitative estimate of drug-likeness (QED) is 0.527. The largest absolute Gasteiger partial charge is 0.497 e. The maximum atomic E-state index is 5.38. The molecule has 146 valence electrons. The van der Waals surface area contributed by atoms with Crippen LogP contribution in [0.2, 0.25) is 0 Å². The van der Waals surface area contributed by atoms with Gasteiger partial charge in [-0.05, 0) is 48.6 Å². The number of rotatable bonds is 4. The number of benzene rings is 2. The minimum atomic E-state index is 0.555. The molecule has 6 nitrogen and oxygen atoms in total. The zero-order valence-electron chi connectivity index (χ0n) is 16.4. The van der Waals surface area contributed by atoms with Crippen molar-refractivity contribution in [2.45, 2.75) is 18.8 Å². The molecular formula is C23H23N5O. The van der Waals surface area contributed by atoms with Crippen molar-refractivity contribution in [1.82, 2.24) is 19.8 Å². The number of hydrogen-bond acceptors (Lipinski definition) is 5. The molecule has 0 amide bonds. The van der Waals surface area contributed by atoms with Crippen LogP contribution in [0.5, 0.6) is 5.75 Å². The topological polar surface area (TPSA) is 55.5 Å². The Morgan fingerprint density at radius 1 is 0.897 bits per heavy atom. The molecule has 1 fully saturated rings. The van der Waals surface area contributed by atoms with Crippen LogP contribution in [0.3, 0.4) is 0 Å². The van der Waals surface area contributed by atoms with E-state index in [-0.39, 0.29) is 0 Å². The van der Waals surface area contributed by atoms with Gasteiger partial charge in [-0.1, -0.05) is 42.5 Å². The third kappa shape index (κ3) is 3.42. The predicted molar refractivity (Wildman–Crippen MR) is 113 cm³/mol. The molecule has 0 atom stereocenters. The Balaban J connectivity index is 1.37. The van der Waals surface area contributed by atoms with E-state index >= 15 is 0 Å². The lowest BCUT2D eigenvalue weighted by Crippen LogP contribution is -2.33. The molecule has 0 aliphatic carbocycles. The Morgan fingerprint density at radius 3 is 2.52 bits per heavy atom. The van der Waals surface area contributed by atoms with E-state index in [2.05, 4.69) is 33.3 Å². The first-order chi connectivity index (χ1) is 14.3. The fourth-order valence-corrected chi connectivity index (χ4v) is 4.05. The maximum Gasteiger partial charge on any atom is 0.185 e. The van der Waals surface area contributed by atoms with Gasteiger partial charge in [0.25, 0.3) is 0 Å². The second-order valence-electron chi connectivity index (χ2n) is 7.39. The van der Waals surface area contributed by atoms with Gasteiger partial charge in [-0.2, -0.15) is 4.52 Å². The van der Waals surface area contributed by atoms with E-state index in [0.29, 0.717) is 5.92 Å². The summed E-state index contributed by atoms with van der Waals surface area (Å²) in [5.74, 6) is 3.23. The van der Waals surface area contributed by atoms with Crippen molar-refractivity contribution in [1.29, 1.82) is 0 Å². The Morgan fingerprint density at radius 2 is 1.72 bits per heavy atom. The van der Waals surface area contributed by atoms with Crippen molar-refractivity contribution in [3.8, 4) is 17.1 Å². The van der Waals surface area contributed by atoms with Gasteiger partial charge in [0.2, 0.25) is 0 Å². The lowest BCUT2D eigenvalue weighted by molar-refractivity contribution is 0.412. The van der Waals surface area contributed by atoms with E-state index in [1.807, 2.05) is 53.0 Å². The highest BCUT2D eigenvalue weighted by Crippen LogP contribution is 2.31. The third-order valence-corrected chi connectivity index (χ3v) is 5.66. The van der Waals surface area contributed by atoms with Gasteiger partial charge >= 0.3 is 0 Å². The van der Waals surface area contributed by atoms with E-state index < -0.39 is 0 Å². The summed E-state index contributed by atoms with van der Waals surface area (Å²) in [4.78, 5) is 2.35. The summed E-state index contributed by atoms with van der Waals surface area (Å²) in [5, 5.41) is 13.5. The first-order valence-electron chi connectivity index (χ1n) is 9.98. The van der Waals surface area contributed by atoms with E-state index in [0.717, 1.165) is 54.5 Å². The van der Waals surface area contributed by atoms with Crippen LogP contribution in [0.15, 0.2) is 66.7 Å². The summed E-state index contributed by atoms with van der Waals surface area (Å²) in [6, 6.07) is 22.6. The van der Waals surface area contributed by atoms with Crippen molar-refractivity contribution < 1.29 is 4.74 Å². The Hall–Kier alpha value is -3.41. The van der Waals surface area contributed by atoms with Crippen molar-refractivity contribution in [3.05, 3.63) is 72.3 Å². The summed E-state index contributed by atoms with van der Waals surface area (Å²) in [6.07, 6.45) is 2.20. The number of fused-ring (bicyclic) bond motifs is 1. The Kier molecular flexibility index (Phi) is 4.60. The van der Waals surface area contributed by atoms with E-state index in [1.165, 1.54) is 5.56 Å². The molecule has 1 aliphatic heterocycles. The number of methoxy groups -OCH3 is 1. The van der Waals surface area contributed by atoms with Crippen LogP contribution in [-0.4, -0.2) is 40.0 Å². The third-order valence-electron chi connectivity index (χ3n) is 5.66. The smallest absolute Gasteiger partial charge is 0.185 e. The number of aromatic nitrogens is 4. The summed E-state index contributed by atoms with van der Waals surface area (Å²) in [5.41, 5.74) is 3.14. The second-order valence-corrected chi connectivity index (χ2v) is 7.39. The highest BCUT2D eigenvalue weighted by molar-refractivity contribution is 5.59. The van der Waals surface area contributed by atoms with Crippen molar-refractivity contribution in [3.63, 3.8) is 0 Å². The molecule has 0 unspecified atom stereocenters. The monoisotopic (exact) mass is 385 g/mol. The molecule has 0 bridgehead atoms. The van der Waals surface area contributed by atoms with Gasteiger partial charge in [0.15, 0.2) is 11.5 Å². The predicted octanol–water partition coefficient (Wildman–Crippen LogP) is 4.18. The standard InChI is InChI=1S/C23H23N5O/c1-29-20-9-5-8-19(16-20)17-12-14-27(15-13-17)22-11-10-21-24-25-23(28(21)26-22)18-6-3-2-4-7-18/h2-11,16-17H,12-15H2,1H3. The maximum absolute atomic E-state index is 5.38. The summed E-state index contributed by atoms with van der Waals surface area (Å²) < 4.78 is 7.23. The van der Waals surface area contributed by atoms with Crippen LogP contribution in [0.25, 0.3) is 17.0 Å². The first kappa shape index (κ1) is 17.7. The average molecular weight is 385 g/mol. The fourth-order valence-electron chi connectivity index (χ4n) is 4.05. The highest BCUT2D eigenvalue weighted by Gasteiger charge is 2.22. The van der Waals surface area contributed by atoms with Gasteiger partial charge in [0.1, 0.15) is 11.6 Å². The van der Waals surface area contributed by atoms with Gasteiger partial charge in [-0.3, -0.25) is 0 Å². The van der Waals surface area contributed by atoms with E-state index in [4.69, 9.17) is 9.84 Å². The van der Waals surface area contributed by atoms with Crippen molar-refractivity contribution in [2.24, 2.45) is 0 Å². The van der Waals surface area contributed by atoms with Crippen molar-refractivity contribution >= 4 is 11.5 Å². The normalized spacial score (nSPS) is 15.0. The molecule has 2 aromatic heterocycles. The lowest BCUT2D eigenvalue weighted by atomic mass is 9.89. The van der Waals surface area contributed by atoms with Gasteiger partial charge in [0, 0.05) is 18.7 Å². The van der Waals surface area contributed by atoms with Gasteiger partial charge in [0.05, 0.1) is 7.11 Å². The molecule has 1 aliphatic rings. The number of hydrogen-bond donors (Lipinski definition) is 0. The molecule has 0 saturated carbocycles. The number of nitrogens with zero attached hydrogens (tertiary/aromatic N) is 5. The van der Waals surface area contributed by atoms with Gasteiger partial charge < -0.3 is 9.64 Å². The molecule has 3 heterocycles. The number of anilines is 1. The minimum absolute atomic E-state index is 0.555. The summed E-state index contributed by atoms with van der Waals surface area (Å²) >= 11 is 0. The van der Waals surface area contributed by atoms with E-state index in [9.17, 15) is 0 Å². The highest BCUT2D eigenvalue weighted by atomic mass is 16.5. The molecule has 4 aromatic rings. The zero-order valence-corrected chi connectivity index (χ0v) is 16.4. The second kappa shape index (κ2) is 7.54. The molecule has 5 rings (SSSR count). The molecule has 6 heteroatoms. The molecule has 0 N–H and O–H groups in total. The zero-order chi connectivity index (χ0) is 19.6. The summed E-state index contributed by atoms with van der Waals surface area (Å²) in [7, 11) is 1.72. The SMILES string of the molecule is COc1cccc(C2CCN(c3ccc4nnc(-c5ccccc5)n4n3)CC2)c1. The van der Waals surface area contributed by atoms with Crippen LogP contribution >= 0.6 is 0 Å². The molecule has 29 heavy (non-hydrogen) atoms. The van der Waals surface area contributed by atoms with Crippen LogP contribution in [0.1, 0.15) is 24.3 Å². The first-order valence-corrected chi connectivity index (χ1v) is 9.98. The van der Waals surface area contributed by atoms with Crippen LogP contribution in [0, 0.1) is 0 Å². The van der Waals surface area contributed by atoms with E-state index in [1.54, 1.807) is 7.11 Å². The average Bonchev–Trinajstić information content (AvgIpc) is 3.23. The molecule has 0 radical (unpaired) electrons. The Labute approximate surface area is 169 Å². The van der Waals surface area contributed by atoms with Gasteiger partial charge in [-0.25, -0.2) is 0 Å². The van der Waals surface area contributed by atoms with Crippen LogP contribution in [0.4, 0.5) is 5.82 Å². The lowest BCUT2D eigenvalue weighted by Gasteiger charge is -2.33. The minimum Gasteiger partial charge on any atom is -0.497 e. The van der Waals surface area contributed by atoms with Gasteiger partial charge in [-0.15, -0.1) is 15.3 Å². The molecule has 2 aromatic carbocycles. The molecule has 1 saturated heterocycles. The fraction of sp³-hybridized carbons (Fsp3) is 0.261. The summed E-state index contributed by atoms with van der Waals surface area (Å²) in [6.45, 7) is 1.95. The number of piperidine rings is 1. The van der Waals surface area contributed by atoms with Crippen molar-refractivity contribution in [2.75, 3.05) is 25.1 Å². The molecule has 0 spiro atoms. The van der Waals surface area contributed by atoms with Crippen LogP contribution < -0.4 is 9.64 Å². The number of ether oxygens (including phenoxy) is 1. The Bertz CT molecular complexity index is 1120. The molecular weight excluding hydrogens is 362 g/mol.